The zero-order valence-corrected chi connectivity index (χ0v) is 19.5. The number of nitrogens with zero attached hydrogens (tertiary/aromatic N) is 3. The van der Waals surface area contributed by atoms with Gasteiger partial charge in [-0.25, -0.2) is 4.98 Å². The van der Waals surface area contributed by atoms with Crippen LogP contribution >= 0.6 is 11.3 Å². The van der Waals surface area contributed by atoms with Gasteiger partial charge in [-0.05, 0) is 56.0 Å². The summed E-state index contributed by atoms with van der Waals surface area (Å²) in [6, 6.07) is 14.1. The summed E-state index contributed by atoms with van der Waals surface area (Å²) in [4.78, 5) is 33.4. The van der Waals surface area contributed by atoms with Crippen molar-refractivity contribution in [3.8, 4) is 22.3 Å². The molecule has 0 radical (unpaired) electrons. The lowest BCUT2D eigenvalue weighted by Gasteiger charge is -2.11. The number of hydrogen-bond donors (Lipinski definition) is 2. The van der Waals surface area contributed by atoms with E-state index in [0.29, 0.717) is 34.9 Å². The van der Waals surface area contributed by atoms with Crippen LogP contribution in [0.25, 0.3) is 16.5 Å². The van der Waals surface area contributed by atoms with E-state index in [9.17, 15) is 9.59 Å². The lowest BCUT2D eigenvalue weighted by molar-refractivity contribution is 0.102. The molecule has 3 heterocycles. The number of carbonyl (C=O) groups is 1. The third-order valence-corrected chi connectivity index (χ3v) is 5.59. The number of nitrogens with one attached hydrogen (secondary N) is 2. The number of aromatic amines is 1. The van der Waals surface area contributed by atoms with Crippen LogP contribution in [0.15, 0.2) is 58.7 Å². The first kappa shape index (κ1) is 22.5. The van der Waals surface area contributed by atoms with Crippen molar-refractivity contribution in [2.24, 2.45) is 0 Å². The largest absolute Gasteiger partial charge is 0.491 e. The molecule has 170 valence electrons. The molecule has 0 bridgehead atoms. The summed E-state index contributed by atoms with van der Waals surface area (Å²) in [6.45, 7) is 5.91. The first-order chi connectivity index (χ1) is 15.9. The summed E-state index contributed by atoms with van der Waals surface area (Å²) in [5.41, 5.74) is 1.54. The van der Waals surface area contributed by atoms with Gasteiger partial charge >= 0.3 is 0 Å². The molecule has 2 N–H and O–H groups in total. The van der Waals surface area contributed by atoms with Crippen LogP contribution in [-0.2, 0) is 6.42 Å². The highest BCUT2D eigenvalue weighted by atomic mass is 32.1. The molecule has 33 heavy (non-hydrogen) atoms. The molecule has 0 saturated heterocycles. The number of carbonyl (C=O) groups excluding carboxylic acids is 1. The number of aromatic nitrogens is 4. The normalized spacial score (nSPS) is 11.0. The molecule has 9 heteroatoms. The molecule has 0 saturated carbocycles. The van der Waals surface area contributed by atoms with E-state index in [0.717, 1.165) is 11.3 Å². The molecule has 4 aromatic rings. The van der Waals surface area contributed by atoms with Gasteiger partial charge in [0.15, 0.2) is 0 Å². The van der Waals surface area contributed by atoms with E-state index < -0.39 is 0 Å². The minimum atomic E-state index is -0.308. The molecule has 0 unspecified atom stereocenters. The van der Waals surface area contributed by atoms with E-state index in [2.05, 4.69) is 20.4 Å². The lowest BCUT2D eigenvalue weighted by Crippen LogP contribution is -2.19. The molecule has 0 fully saturated rings. The standard InChI is InChI=1S/C24H25N5O3S/c1-4-6-17-13-22(30)27-24(25-17)29-21(14-19(28-29)20-7-5-12-33-20)26-23(31)16-8-10-18(11-9-16)32-15(2)3/h5,7-15H,4,6H2,1-3H3,(H,26,31)(H,25,27,30). The molecule has 1 amide bonds. The van der Waals surface area contributed by atoms with Crippen LogP contribution in [-0.4, -0.2) is 31.8 Å². The average Bonchev–Trinajstić information content (AvgIpc) is 3.44. The number of aryl methyl sites for hydroxylation is 1. The van der Waals surface area contributed by atoms with E-state index in [-0.39, 0.29) is 23.5 Å². The van der Waals surface area contributed by atoms with Gasteiger partial charge in [-0.2, -0.15) is 9.78 Å². The van der Waals surface area contributed by atoms with Crippen LogP contribution < -0.4 is 15.6 Å². The first-order valence-corrected chi connectivity index (χ1v) is 11.6. The molecular formula is C24H25N5O3S. The molecule has 3 aromatic heterocycles. The molecule has 8 nitrogen and oxygen atoms in total. The van der Waals surface area contributed by atoms with Gasteiger partial charge < -0.3 is 10.1 Å². The summed E-state index contributed by atoms with van der Waals surface area (Å²) in [6.07, 6.45) is 1.57. The summed E-state index contributed by atoms with van der Waals surface area (Å²) in [7, 11) is 0. The van der Waals surface area contributed by atoms with Crippen molar-refractivity contribution < 1.29 is 9.53 Å². The maximum atomic E-state index is 13.0. The van der Waals surface area contributed by atoms with Crippen molar-refractivity contribution in [1.29, 1.82) is 0 Å². The summed E-state index contributed by atoms with van der Waals surface area (Å²) < 4.78 is 7.11. The number of thiophene rings is 1. The van der Waals surface area contributed by atoms with Gasteiger partial charge in [-0.1, -0.05) is 19.4 Å². The number of rotatable bonds is 8. The fourth-order valence-corrected chi connectivity index (χ4v) is 3.98. The van der Waals surface area contributed by atoms with Gasteiger partial charge in [-0.3, -0.25) is 14.6 Å². The third kappa shape index (κ3) is 5.38. The zero-order chi connectivity index (χ0) is 23.4. The minimum Gasteiger partial charge on any atom is -0.491 e. The predicted molar refractivity (Wildman–Crippen MR) is 129 cm³/mol. The van der Waals surface area contributed by atoms with Gasteiger partial charge in [-0.15, -0.1) is 11.3 Å². The Balaban J connectivity index is 1.69. The second kappa shape index (κ2) is 9.83. The Morgan fingerprint density at radius 2 is 2.00 bits per heavy atom. The van der Waals surface area contributed by atoms with E-state index in [1.165, 1.54) is 22.1 Å². The number of ether oxygens (including phenoxy) is 1. The fourth-order valence-electron chi connectivity index (χ4n) is 3.30. The fraction of sp³-hybridized carbons (Fsp3) is 0.250. The highest BCUT2D eigenvalue weighted by molar-refractivity contribution is 7.13. The molecule has 1 aromatic carbocycles. The highest BCUT2D eigenvalue weighted by Gasteiger charge is 2.17. The van der Waals surface area contributed by atoms with Crippen molar-refractivity contribution in [2.45, 2.75) is 39.7 Å². The molecule has 0 atom stereocenters. The SMILES string of the molecule is CCCc1cc(=O)[nH]c(-n2nc(-c3cccs3)cc2NC(=O)c2ccc(OC(C)C)cc2)n1. The van der Waals surface area contributed by atoms with Gasteiger partial charge in [0.05, 0.1) is 11.0 Å². The average molecular weight is 464 g/mol. The molecule has 0 spiro atoms. The van der Waals surface area contributed by atoms with Crippen molar-refractivity contribution in [1.82, 2.24) is 19.7 Å². The Bertz CT molecular complexity index is 1290. The van der Waals surface area contributed by atoms with E-state index in [4.69, 9.17) is 4.74 Å². The topological polar surface area (TPSA) is 102 Å². The Morgan fingerprint density at radius 3 is 2.67 bits per heavy atom. The number of benzene rings is 1. The minimum absolute atomic E-state index is 0.0489. The molecule has 0 aliphatic rings. The van der Waals surface area contributed by atoms with Crippen LogP contribution in [0.1, 0.15) is 43.2 Å². The van der Waals surface area contributed by atoms with Crippen molar-refractivity contribution >= 4 is 23.1 Å². The van der Waals surface area contributed by atoms with Gasteiger partial charge in [0, 0.05) is 23.4 Å². The predicted octanol–water partition coefficient (Wildman–Crippen LogP) is 4.68. The summed E-state index contributed by atoms with van der Waals surface area (Å²) in [5, 5.41) is 9.47. The number of amides is 1. The zero-order valence-electron chi connectivity index (χ0n) is 18.7. The molecule has 0 aliphatic heterocycles. The number of H-pyrrole nitrogens is 1. The van der Waals surface area contributed by atoms with Crippen molar-refractivity contribution in [2.75, 3.05) is 5.32 Å². The Morgan fingerprint density at radius 1 is 1.21 bits per heavy atom. The molecular weight excluding hydrogens is 438 g/mol. The number of hydrogen-bond acceptors (Lipinski definition) is 6. The van der Waals surface area contributed by atoms with E-state index in [1.807, 2.05) is 38.3 Å². The van der Waals surface area contributed by atoms with Crippen LogP contribution in [0.5, 0.6) is 5.75 Å². The van der Waals surface area contributed by atoms with Crippen molar-refractivity contribution in [3.05, 3.63) is 75.5 Å². The number of anilines is 1. The summed E-state index contributed by atoms with van der Waals surface area (Å²) >= 11 is 1.53. The Labute approximate surface area is 195 Å². The van der Waals surface area contributed by atoms with Crippen LogP contribution in [0.3, 0.4) is 0 Å². The second-order valence-electron chi connectivity index (χ2n) is 7.76. The molecule has 4 rings (SSSR count). The van der Waals surface area contributed by atoms with Gasteiger partial charge in [0.1, 0.15) is 17.3 Å². The Hall–Kier alpha value is -3.72. The van der Waals surface area contributed by atoms with Gasteiger partial charge in [0.2, 0.25) is 5.95 Å². The smallest absolute Gasteiger partial charge is 0.256 e. The molecule has 0 aliphatic carbocycles. The van der Waals surface area contributed by atoms with E-state index >= 15 is 0 Å². The monoisotopic (exact) mass is 463 g/mol. The Kier molecular flexibility index (Phi) is 6.69. The highest BCUT2D eigenvalue weighted by Crippen LogP contribution is 2.27. The van der Waals surface area contributed by atoms with E-state index in [1.54, 1.807) is 30.3 Å². The second-order valence-corrected chi connectivity index (χ2v) is 8.71. The van der Waals surface area contributed by atoms with Crippen LogP contribution in [0.4, 0.5) is 5.82 Å². The maximum Gasteiger partial charge on any atom is 0.256 e. The van der Waals surface area contributed by atoms with Crippen LogP contribution in [0, 0.1) is 0 Å². The lowest BCUT2D eigenvalue weighted by atomic mass is 10.2. The van der Waals surface area contributed by atoms with Gasteiger partial charge in [0.25, 0.3) is 11.5 Å². The third-order valence-electron chi connectivity index (χ3n) is 4.70. The summed E-state index contributed by atoms with van der Waals surface area (Å²) in [5.74, 6) is 1.05. The quantitative estimate of drug-likeness (QED) is 0.395. The van der Waals surface area contributed by atoms with Crippen LogP contribution in [0.2, 0.25) is 0 Å². The van der Waals surface area contributed by atoms with Crippen molar-refractivity contribution in [3.63, 3.8) is 0 Å². The maximum absolute atomic E-state index is 13.0. The first-order valence-electron chi connectivity index (χ1n) is 10.8.